The molecule has 0 saturated carbocycles. The number of carbonyl (C=O) groups excluding carboxylic acids is 1. The number of anilines is 1. The molecule has 1 aromatic carbocycles. The van der Waals surface area contributed by atoms with Crippen molar-refractivity contribution in [2.75, 3.05) is 38.8 Å². The summed E-state index contributed by atoms with van der Waals surface area (Å²) < 4.78 is 10.8. The minimum atomic E-state index is -0.0385. The summed E-state index contributed by atoms with van der Waals surface area (Å²) in [7, 11) is 3.25. The van der Waals surface area contributed by atoms with Crippen molar-refractivity contribution in [3.05, 3.63) is 41.2 Å². The lowest BCUT2D eigenvalue weighted by Gasteiger charge is -2.29. The van der Waals surface area contributed by atoms with Crippen LogP contribution in [0.25, 0.3) is 0 Å². The second-order valence-corrected chi connectivity index (χ2v) is 6.92. The normalized spacial score (nSPS) is 16.2. The smallest absolute Gasteiger partial charge is 0.257 e. The number of hydrogen-bond donors (Lipinski definition) is 0. The summed E-state index contributed by atoms with van der Waals surface area (Å²) in [4.78, 5) is 25.7. The number of rotatable bonds is 4. The zero-order valence-electron chi connectivity index (χ0n) is 15.8. The van der Waals surface area contributed by atoms with Gasteiger partial charge < -0.3 is 19.3 Å². The number of ether oxygens (including phenoxy) is 2. The van der Waals surface area contributed by atoms with Gasteiger partial charge in [0.15, 0.2) is 11.5 Å². The maximum Gasteiger partial charge on any atom is 0.257 e. The molecule has 0 spiro atoms. The average molecular weight is 368 g/mol. The lowest BCUT2D eigenvalue weighted by atomic mass is 9.98. The Balaban J connectivity index is 1.50. The highest BCUT2D eigenvalue weighted by Crippen LogP contribution is 2.33. The zero-order valence-corrected chi connectivity index (χ0v) is 15.8. The Kier molecular flexibility index (Phi) is 4.83. The van der Waals surface area contributed by atoms with E-state index in [1.54, 1.807) is 26.6 Å². The Morgan fingerprint density at radius 1 is 0.963 bits per heavy atom. The quantitative estimate of drug-likeness (QED) is 0.825. The highest BCUT2D eigenvalue weighted by molar-refractivity contribution is 5.93. The molecule has 1 fully saturated rings. The molecule has 4 rings (SSSR count). The molecule has 7 nitrogen and oxygen atoms in total. The second kappa shape index (κ2) is 7.42. The Hall–Kier alpha value is -2.83. The maximum absolute atomic E-state index is 12.9. The van der Waals surface area contributed by atoms with Crippen LogP contribution in [0.5, 0.6) is 11.5 Å². The molecule has 0 aliphatic carbocycles. The van der Waals surface area contributed by atoms with Crippen molar-refractivity contribution in [1.82, 2.24) is 14.9 Å². The minimum Gasteiger partial charge on any atom is -0.493 e. The topological polar surface area (TPSA) is 67.8 Å². The van der Waals surface area contributed by atoms with Crippen LogP contribution in [0.15, 0.2) is 24.5 Å². The summed E-state index contributed by atoms with van der Waals surface area (Å²) in [5, 5.41) is 0. The number of carbonyl (C=O) groups is 1. The molecule has 2 aliphatic heterocycles. The van der Waals surface area contributed by atoms with E-state index in [4.69, 9.17) is 9.47 Å². The number of methoxy groups -OCH3 is 2. The van der Waals surface area contributed by atoms with Crippen LogP contribution < -0.4 is 14.4 Å². The Morgan fingerprint density at radius 3 is 2.22 bits per heavy atom. The van der Waals surface area contributed by atoms with Gasteiger partial charge in [-0.15, -0.1) is 0 Å². The largest absolute Gasteiger partial charge is 0.493 e. The van der Waals surface area contributed by atoms with Gasteiger partial charge >= 0.3 is 0 Å². The van der Waals surface area contributed by atoms with Gasteiger partial charge in [0, 0.05) is 38.6 Å². The van der Waals surface area contributed by atoms with E-state index in [0.29, 0.717) is 30.4 Å². The minimum absolute atomic E-state index is 0.0385. The van der Waals surface area contributed by atoms with E-state index in [2.05, 4.69) is 14.9 Å². The van der Waals surface area contributed by atoms with Crippen molar-refractivity contribution < 1.29 is 14.3 Å². The molecule has 7 heteroatoms. The summed E-state index contributed by atoms with van der Waals surface area (Å²) in [6.07, 6.45) is 6.42. The SMILES string of the molecule is COc1cc2c(cc1OC)CN(C(=O)c1cnc(N3CCCC3)nc1)CC2. The van der Waals surface area contributed by atoms with Crippen molar-refractivity contribution in [3.63, 3.8) is 0 Å². The summed E-state index contributed by atoms with van der Waals surface area (Å²) in [5.74, 6) is 2.08. The molecule has 1 saturated heterocycles. The summed E-state index contributed by atoms with van der Waals surface area (Å²) in [5.41, 5.74) is 2.81. The van der Waals surface area contributed by atoms with Crippen LogP contribution in [0.3, 0.4) is 0 Å². The van der Waals surface area contributed by atoms with E-state index in [9.17, 15) is 4.79 Å². The first-order valence-electron chi connectivity index (χ1n) is 9.29. The van der Waals surface area contributed by atoms with Crippen LogP contribution in [0, 0.1) is 0 Å². The average Bonchev–Trinajstić information content (AvgIpc) is 3.26. The summed E-state index contributed by atoms with van der Waals surface area (Å²) >= 11 is 0. The van der Waals surface area contributed by atoms with E-state index in [-0.39, 0.29) is 5.91 Å². The zero-order chi connectivity index (χ0) is 18.8. The second-order valence-electron chi connectivity index (χ2n) is 6.92. The van der Waals surface area contributed by atoms with Gasteiger partial charge in [0.05, 0.1) is 19.8 Å². The number of fused-ring (bicyclic) bond motifs is 1. The number of benzene rings is 1. The Labute approximate surface area is 158 Å². The lowest BCUT2D eigenvalue weighted by molar-refractivity contribution is 0.0733. The van der Waals surface area contributed by atoms with Crippen LogP contribution in [0.4, 0.5) is 5.95 Å². The summed E-state index contributed by atoms with van der Waals surface area (Å²) in [6.45, 7) is 3.18. The van der Waals surface area contributed by atoms with Crippen molar-refractivity contribution in [1.29, 1.82) is 0 Å². The number of hydrogen-bond acceptors (Lipinski definition) is 6. The van der Waals surface area contributed by atoms with Crippen LogP contribution in [0.1, 0.15) is 34.3 Å². The standard InChI is InChI=1S/C20H24N4O3/c1-26-17-9-14-5-8-24(13-15(14)10-18(17)27-2)19(25)16-11-21-20(22-12-16)23-6-3-4-7-23/h9-12H,3-8,13H2,1-2H3. The number of amides is 1. The van der Waals surface area contributed by atoms with E-state index >= 15 is 0 Å². The molecule has 2 aromatic rings. The molecular weight excluding hydrogens is 344 g/mol. The van der Waals surface area contributed by atoms with Crippen molar-refractivity contribution >= 4 is 11.9 Å². The summed E-state index contributed by atoms with van der Waals surface area (Å²) in [6, 6.07) is 3.96. The molecule has 3 heterocycles. The fraction of sp³-hybridized carbons (Fsp3) is 0.450. The van der Waals surface area contributed by atoms with Gasteiger partial charge in [-0.25, -0.2) is 9.97 Å². The van der Waals surface area contributed by atoms with E-state index in [0.717, 1.165) is 30.8 Å². The van der Waals surface area contributed by atoms with Gasteiger partial charge in [-0.1, -0.05) is 0 Å². The molecule has 1 aromatic heterocycles. The predicted molar refractivity (Wildman–Crippen MR) is 101 cm³/mol. The van der Waals surface area contributed by atoms with Crippen LogP contribution >= 0.6 is 0 Å². The maximum atomic E-state index is 12.9. The van der Waals surface area contributed by atoms with E-state index in [1.807, 2.05) is 17.0 Å². The fourth-order valence-corrected chi connectivity index (χ4v) is 3.75. The van der Waals surface area contributed by atoms with Crippen LogP contribution in [-0.2, 0) is 13.0 Å². The first-order chi connectivity index (χ1) is 13.2. The third kappa shape index (κ3) is 3.41. The lowest BCUT2D eigenvalue weighted by Crippen LogP contribution is -2.36. The molecule has 0 atom stereocenters. The van der Waals surface area contributed by atoms with Gasteiger partial charge in [0.25, 0.3) is 5.91 Å². The highest BCUT2D eigenvalue weighted by atomic mass is 16.5. The molecule has 142 valence electrons. The van der Waals surface area contributed by atoms with Crippen LogP contribution in [0.2, 0.25) is 0 Å². The number of aromatic nitrogens is 2. The molecule has 2 aliphatic rings. The predicted octanol–water partition coefficient (Wildman–Crippen LogP) is 2.29. The van der Waals surface area contributed by atoms with E-state index in [1.165, 1.54) is 18.4 Å². The molecular formula is C20H24N4O3. The van der Waals surface area contributed by atoms with Crippen molar-refractivity contribution in [3.8, 4) is 11.5 Å². The Bertz CT molecular complexity index is 832. The van der Waals surface area contributed by atoms with Gasteiger partial charge in [0.1, 0.15) is 0 Å². The molecule has 0 N–H and O–H groups in total. The van der Waals surface area contributed by atoms with Gasteiger partial charge in [-0.05, 0) is 42.5 Å². The van der Waals surface area contributed by atoms with Crippen molar-refractivity contribution in [2.24, 2.45) is 0 Å². The van der Waals surface area contributed by atoms with Gasteiger partial charge in [-0.3, -0.25) is 4.79 Å². The first kappa shape index (κ1) is 17.6. The Morgan fingerprint density at radius 2 is 1.59 bits per heavy atom. The molecule has 0 bridgehead atoms. The molecule has 0 unspecified atom stereocenters. The molecule has 1 amide bonds. The highest BCUT2D eigenvalue weighted by Gasteiger charge is 2.24. The van der Waals surface area contributed by atoms with Gasteiger partial charge in [-0.2, -0.15) is 0 Å². The van der Waals surface area contributed by atoms with Gasteiger partial charge in [0.2, 0.25) is 5.95 Å². The van der Waals surface area contributed by atoms with Crippen LogP contribution in [-0.4, -0.2) is 54.6 Å². The molecule has 0 radical (unpaired) electrons. The van der Waals surface area contributed by atoms with Crippen molar-refractivity contribution in [2.45, 2.75) is 25.8 Å². The first-order valence-corrected chi connectivity index (χ1v) is 9.29. The fourth-order valence-electron chi connectivity index (χ4n) is 3.75. The van der Waals surface area contributed by atoms with E-state index < -0.39 is 0 Å². The monoisotopic (exact) mass is 368 g/mol. The third-order valence-electron chi connectivity index (χ3n) is 5.28. The molecule has 27 heavy (non-hydrogen) atoms. The third-order valence-corrected chi connectivity index (χ3v) is 5.28. The number of nitrogens with zero attached hydrogens (tertiary/aromatic N) is 4.